The lowest BCUT2D eigenvalue weighted by atomic mass is 9.91. The molecule has 0 atom stereocenters. The second kappa shape index (κ2) is 9.48. The molecule has 0 spiro atoms. The fourth-order valence-corrected chi connectivity index (χ4v) is 3.52. The van der Waals surface area contributed by atoms with Gasteiger partial charge in [0.1, 0.15) is 11.5 Å². The minimum atomic E-state index is 0.0573. The zero-order valence-corrected chi connectivity index (χ0v) is 17.1. The molecule has 142 valence electrons. The number of nitrogens with one attached hydrogen (secondary N) is 2. The quantitative estimate of drug-likeness (QED) is 0.548. The van der Waals surface area contributed by atoms with Crippen molar-refractivity contribution in [1.29, 1.82) is 0 Å². The van der Waals surface area contributed by atoms with Gasteiger partial charge in [-0.2, -0.15) is 0 Å². The Kier molecular flexibility index (Phi) is 7.33. The maximum atomic E-state index is 5.43. The smallest absolute Gasteiger partial charge is 0.191 e. The van der Waals surface area contributed by atoms with Gasteiger partial charge >= 0.3 is 0 Å². The van der Waals surface area contributed by atoms with Crippen LogP contribution in [0.25, 0.3) is 0 Å². The summed E-state index contributed by atoms with van der Waals surface area (Å²) < 4.78 is 10.7. The molecule has 2 rings (SSSR count). The van der Waals surface area contributed by atoms with Crippen molar-refractivity contribution in [2.24, 2.45) is 4.99 Å². The lowest BCUT2D eigenvalue weighted by Gasteiger charge is -2.25. The van der Waals surface area contributed by atoms with Crippen molar-refractivity contribution in [2.75, 3.05) is 34.4 Å². The Morgan fingerprint density at radius 3 is 2.58 bits per heavy atom. The summed E-state index contributed by atoms with van der Waals surface area (Å²) in [5.41, 5.74) is 1.16. The third-order valence-corrected chi connectivity index (χ3v) is 5.52. The highest BCUT2D eigenvalue weighted by atomic mass is 32.1. The molecule has 5 nitrogen and oxygen atoms in total. The normalized spacial score (nSPS) is 12.0. The second-order valence-electron chi connectivity index (χ2n) is 6.64. The first-order chi connectivity index (χ1) is 12.5. The van der Waals surface area contributed by atoms with Crippen molar-refractivity contribution in [3.8, 4) is 11.5 Å². The highest BCUT2D eigenvalue weighted by Gasteiger charge is 2.21. The molecule has 1 aromatic heterocycles. The van der Waals surface area contributed by atoms with E-state index in [-0.39, 0.29) is 5.41 Å². The molecule has 0 unspecified atom stereocenters. The molecular weight excluding hydrogens is 346 g/mol. The van der Waals surface area contributed by atoms with Crippen molar-refractivity contribution in [1.82, 2.24) is 10.6 Å². The topological polar surface area (TPSA) is 54.9 Å². The number of ether oxygens (including phenoxy) is 2. The van der Waals surface area contributed by atoms with E-state index in [0.29, 0.717) is 0 Å². The van der Waals surface area contributed by atoms with Gasteiger partial charge in [-0.25, -0.2) is 0 Å². The third kappa shape index (κ3) is 5.39. The van der Waals surface area contributed by atoms with Crippen molar-refractivity contribution < 1.29 is 9.47 Å². The van der Waals surface area contributed by atoms with Crippen LogP contribution in [0.2, 0.25) is 0 Å². The number of rotatable bonds is 8. The van der Waals surface area contributed by atoms with E-state index in [1.165, 1.54) is 4.88 Å². The van der Waals surface area contributed by atoms with Gasteiger partial charge in [0.15, 0.2) is 5.96 Å². The van der Waals surface area contributed by atoms with Crippen molar-refractivity contribution in [2.45, 2.75) is 25.7 Å². The number of nitrogens with zero attached hydrogens (tertiary/aromatic N) is 1. The summed E-state index contributed by atoms with van der Waals surface area (Å²) in [5.74, 6) is 2.51. The molecule has 6 heteroatoms. The average Bonchev–Trinajstić information content (AvgIpc) is 3.20. The van der Waals surface area contributed by atoms with Crippen molar-refractivity contribution >= 4 is 17.3 Å². The summed E-state index contributed by atoms with van der Waals surface area (Å²) in [5, 5.41) is 8.91. The van der Waals surface area contributed by atoms with E-state index in [4.69, 9.17) is 9.47 Å². The van der Waals surface area contributed by atoms with Crippen LogP contribution in [0.5, 0.6) is 11.5 Å². The van der Waals surface area contributed by atoms with Gasteiger partial charge in [-0.15, -0.1) is 11.3 Å². The second-order valence-corrected chi connectivity index (χ2v) is 7.59. The lowest BCUT2D eigenvalue weighted by molar-refractivity contribution is 0.398. The van der Waals surface area contributed by atoms with Gasteiger partial charge in [0.2, 0.25) is 0 Å². The van der Waals surface area contributed by atoms with Gasteiger partial charge in [0, 0.05) is 30.4 Å². The minimum absolute atomic E-state index is 0.0573. The molecule has 2 aromatic rings. The maximum absolute atomic E-state index is 5.43. The van der Waals surface area contributed by atoms with E-state index >= 15 is 0 Å². The lowest BCUT2D eigenvalue weighted by Crippen LogP contribution is -2.43. The molecule has 1 aromatic carbocycles. The molecule has 0 saturated heterocycles. The van der Waals surface area contributed by atoms with E-state index in [1.807, 2.05) is 18.2 Å². The van der Waals surface area contributed by atoms with Gasteiger partial charge in [0.05, 0.1) is 14.2 Å². The average molecular weight is 376 g/mol. The number of methoxy groups -OCH3 is 2. The van der Waals surface area contributed by atoms with E-state index in [9.17, 15) is 0 Å². The molecule has 0 amide bonds. The molecule has 0 aliphatic heterocycles. The van der Waals surface area contributed by atoms with Gasteiger partial charge in [-0.1, -0.05) is 19.9 Å². The molecule has 1 heterocycles. The summed E-state index contributed by atoms with van der Waals surface area (Å²) >= 11 is 1.79. The predicted molar refractivity (Wildman–Crippen MR) is 110 cm³/mol. The van der Waals surface area contributed by atoms with Crippen LogP contribution >= 0.6 is 11.3 Å². The highest BCUT2D eigenvalue weighted by molar-refractivity contribution is 7.10. The Labute approximate surface area is 160 Å². The van der Waals surface area contributed by atoms with Crippen LogP contribution < -0.4 is 20.1 Å². The van der Waals surface area contributed by atoms with E-state index in [0.717, 1.165) is 42.5 Å². The zero-order chi connectivity index (χ0) is 19.0. The Morgan fingerprint density at radius 2 is 1.96 bits per heavy atom. The molecule has 26 heavy (non-hydrogen) atoms. The van der Waals surface area contributed by atoms with E-state index in [1.54, 1.807) is 32.6 Å². The van der Waals surface area contributed by atoms with Gasteiger partial charge in [-0.3, -0.25) is 4.99 Å². The predicted octanol–water partition coefficient (Wildman–Crippen LogP) is 3.45. The summed E-state index contributed by atoms with van der Waals surface area (Å²) in [6.45, 7) is 6.04. The molecule has 0 bridgehead atoms. The standard InChI is InChI=1S/C20H29N3O2S/c1-20(2,18-7-6-12-26-18)14-23-19(21-3)22-11-10-15-13-16(24-4)8-9-17(15)25-5/h6-9,12-13H,10-11,14H2,1-5H3,(H2,21,22,23). The van der Waals surface area contributed by atoms with Gasteiger partial charge in [0.25, 0.3) is 0 Å². The summed E-state index contributed by atoms with van der Waals surface area (Å²) in [6.07, 6.45) is 0.815. The van der Waals surface area contributed by atoms with Crippen LogP contribution in [-0.4, -0.2) is 40.3 Å². The van der Waals surface area contributed by atoms with Gasteiger partial charge < -0.3 is 20.1 Å². The SMILES string of the molecule is CN=C(NCCc1cc(OC)ccc1OC)NCC(C)(C)c1cccs1. The first-order valence-corrected chi connectivity index (χ1v) is 9.57. The molecule has 0 saturated carbocycles. The van der Waals surface area contributed by atoms with Crippen LogP contribution in [0.15, 0.2) is 40.7 Å². The summed E-state index contributed by atoms with van der Waals surface area (Å²) in [6, 6.07) is 10.1. The van der Waals surface area contributed by atoms with Crippen LogP contribution in [0.3, 0.4) is 0 Å². The number of thiophene rings is 1. The van der Waals surface area contributed by atoms with Crippen LogP contribution in [0, 0.1) is 0 Å². The molecule has 0 aliphatic rings. The van der Waals surface area contributed by atoms with Crippen molar-refractivity contribution in [3.63, 3.8) is 0 Å². The third-order valence-electron chi connectivity index (χ3n) is 4.28. The molecule has 0 radical (unpaired) electrons. The minimum Gasteiger partial charge on any atom is -0.497 e. The Bertz CT molecular complexity index is 712. The summed E-state index contributed by atoms with van der Waals surface area (Å²) in [7, 11) is 5.15. The van der Waals surface area contributed by atoms with Crippen molar-refractivity contribution in [3.05, 3.63) is 46.2 Å². The first-order valence-electron chi connectivity index (χ1n) is 8.69. The monoisotopic (exact) mass is 375 g/mol. The maximum Gasteiger partial charge on any atom is 0.191 e. The Balaban J connectivity index is 1.88. The van der Waals surface area contributed by atoms with Crippen LogP contribution in [0.1, 0.15) is 24.3 Å². The number of hydrogen-bond acceptors (Lipinski definition) is 4. The number of guanidine groups is 1. The number of benzene rings is 1. The first kappa shape index (κ1) is 20.1. The molecule has 2 N–H and O–H groups in total. The Morgan fingerprint density at radius 1 is 1.15 bits per heavy atom. The zero-order valence-electron chi connectivity index (χ0n) is 16.3. The van der Waals surface area contributed by atoms with Crippen LogP contribution in [-0.2, 0) is 11.8 Å². The van der Waals surface area contributed by atoms with Crippen LogP contribution in [0.4, 0.5) is 0 Å². The Hall–Kier alpha value is -2.21. The number of aliphatic imine (C=N–C) groups is 1. The highest BCUT2D eigenvalue weighted by Crippen LogP contribution is 2.26. The van der Waals surface area contributed by atoms with E-state index in [2.05, 4.69) is 47.0 Å². The van der Waals surface area contributed by atoms with E-state index < -0.39 is 0 Å². The molecule has 0 aliphatic carbocycles. The fourth-order valence-electron chi connectivity index (χ4n) is 2.67. The number of hydrogen-bond donors (Lipinski definition) is 2. The largest absolute Gasteiger partial charge is 0.497 e. The summed E-state index contributed by atoms with van der Waals surface area (Å²) in [4.78, 5) is 5.68. The van der Waals surface area contributed by atoms with Gasteiger partial charge in [-0.05, 0) is 41.6 Å². The molecular formula is C20H29N3O2S. The fraction of sp³-hybridized carbons (Fsp3) is 0.450. The molecule has 0 fully saturated rings.